The molecule has 0 aliphatic rings. The average Bonchev–Trinajstić information content (AvgIpc) is 2.43. The zero-order valence-corrected chi connectivity index (χ0v) is 7.78. The van der Waals surface area contributed by atoms with Gasteiger partial charge in [0.2, 0.25) is 0 Å². The maximum absolute atomic E-state index is 9.30. The zero-order valence-electron chi connectivity index (χ0n) is 7.78. The highest BCUT2D eigenvalue weighted by Gasteiger charge is 2.06. The van der Waals surface area contributed by atoms with Crippen molar-refractivity contribution in [2.24, 2.45) is 7.05 Å². The molecule has 0 radical (unpaired) electrons. The molecule has 2 rings (SSSR count). The summed E-state index contributed by atoms with van der Waals surface area (Å²) in [5.41, 5.74) is 2.06. The van der Waals surface area contributed by atoms with Crippen LogP contribution in [-0.4, -0.2) is 14.9 Å². The Bertz CT molecular complexity index is 445. The molecule has 0 fully saturated rings. The van der Waals surface area contributed by atoms with E-state index in [0.717, 1.165) is 23.0 Å². The summed E-state index contributed by atoms with van der Waals surface area (Å²) >= 11 is 0. The van der Waals surface area contributed by atoms with Crippen molar-refractivity contribution in [2.45, 2.75) is 13.3 Å². The third-order valence-electron chi connectivity index (χ3n) is 2.25. The third kappa shape index (κ3) is 1.16. The minimum Gasteiger partial charge on any atom is -0.508 e. The zero-order chi connectivity index (χ0) is 9.42. The Hall–Kier alpha value is -1.51. The van der Waals surface area contributed by atoms with Gasteiger partial charge < -0.3 is 5.11 Å². The highest BCUT2D eigenvalue weighted by Crippen LogP contribution is 2.22. The smallest absolute Gasteiger partial charge is 0.117 e. The number of rotatable bonds is 1. The Morgan fingerprint density at radius 3 is 2.92 bits per heavy atom. The fourth-order valence-corrected chi connectivity index (χ4v) is 1.58. The van der Waals surface area contributed by atoms with Crippen LogP contribution in [0.4, 0.5) is 0 Å². The number of benzene rings is 1. The lowest BCUT2D eigenvalue weighted by atomic mass is 10.2. The van der Waals surface area contributed by atoms with Crippen molar-refractivity contribution in [3.63, 3.8) is 0 Å². The van der Waals surface area contributed by atoms with Crippen LogP contribution in [0.15, 0.2) is 18.2 Å². The first-order valence-corrected chi connectivity index (χ1v) is 4.37. The van der Waals surface area contributed by atoms with E-state index < -0.39 is 0 Å². The molecule has 1 N–H and O–H groups in total. The molecule has 3 nitrogen and oxygen atoms in total. The van der Waals surface area contributed by atoms with Crippen LogP contribution < -0.4 is 0 Å². The lowest BCUT2D eigenvalue weighted by molar-refractivity contribution is 0.476. The standard InChI is InChI=1S/C10H12N2O/c1-3-9-8-5-4-7(13)6-10(8)12(2)11-9/h4-6,13H,3H2,1-2H3. The van der Waals surface area contributed by atoms with Gasteiger partial charge in [-0.25, -0.2) is 0 Å². The lowest BCUT2D eigenvalue weighted by Crippen LogP contribution is -1.90. The fraction of sp³-hybridized carbons (Fsp3) is 0.300. The molecular weight excluding hydrogens is 164 g/mol. The molecule has 0 amide bonds. The van der Waals surface area contributed by atoms with Crippen molar-refractivity contribution in [1.29, 1.82) is 0 Å². The van der Waals surface area contributed by atoms with E-state index >= 15 is 0 Å². The number of aryl methyl sites for hydroxylation is 2. The molecule has 68 valence electrons. The molecule has 1 aromatic heterocycles. The highest BCUT2D eigenvalue weighted by molar-refractivity contribution is 5.83. The number of phenols is 1. The SMILES string of the molecule is CCc1nn(C)c2cc(O)ccc12. The van der Waals surface area contributed by atoms with Gasteiger partial charge >= 0.3 is 0 Å². The molecule has 0 aliphatic heterocycles. The summed E-state index contributed by atoms with van der Waals surface area (Å²) in [5, 5.41) is 14.8. The average molecular weight is 176 g/mol. The molecular formula is C10H12N2O. The van der Waals surface area contributed by atoms with Crippen molar-refractivity contribution >= 4 is 10.9 Å². The number of phenolic OH excluding ortho intramolecular Hbond substituents is 1. The van der Waals surface area contributed by atoms with Crippen LogP contribution in [0.1, 0.15) is 12.6 Å². The predicted octanol–water partition coefficient (Wildman–Crippen LogP) is 1.84. The van der Waals surface area contributed by atoms with Crippen LogP contribution in [0.5, 0.6) is 5.75 Å². The summed E-state index contributed by atoms with van der Waals surface area (Å²) in [4.78, 5) is 0. The van der Waals surface area contributed by atoms with Gasteiger partial charge in [-0.3, -0.25) is 4.68 Å². The number of nitrogens with zero attached hydrogens (tertiary/aromatic N) is 2. The topological polar surface area (TPSA) is 38.0 Å². The van der Waals surface area contributed by atoms with Gasteiger partial charge in [-0.15, -0.1) is 0 Å². The van der Waals surface area contributed by atoms with Crippen molar-refractivity contribution in [1.82, 2.24) is 9.78 Å². The van der Waals surface area contributed by atoms with E-state index in [1.807, 2.05) is 13.1 Å². The van der Waals surface area contributed by atoms with E-state index in [1.54, 1.807) is 16.8 Å². The summed E-state index contributed by atoms with van der Waals surface area (Å²) < 4.78 is 1.80. The summed E-state index contributed by atoms with van der Waals surface area (Å²) in [7, 11) is 1.89. The number of hydrogen-bond acceptors (Lipinski definition) is 2. The summed E-state index contributed by atoms with van der Waals surface area (Å²) in [6, 6.07) is 5.35. The minimum atomic E-state index is 0.290. The molecule has 0 aliphatic carbocycles. The monoisotopic (exact) mass is 176 g/mol. The van der Waals surface area contributed by atoms with E-state index in [4.69, 9.17) is 0 Å². The van der Waals surface area contributed by atoms with Crippen LogP contribution in [0.25, 0.3) is 10.9 Å². The first kappa shape index (κ1) is 8.10. The molecule has 0 spiro atoms. The number of hydrogen-bond donors (Lipinski definition) is 1. The predicted molar refractivity (Wildman–Crippen MR) is 51.8 cm³/mol. The van der Waals surface area contributed by atoms with Gasteiger partial charge in [-0.1, -0.05) is 6.92 Å². The van der Waals surface area contributed by atoms with Crippen LogP contribution >= 0.6 is 0 Å². The Morgan fingerprint density at radius 1 is 1.46 bits per heavy atom. The van der Waals surface area contributed by atoms with Gasteiger partial charge in [0.25, 0.3) is 0 Å². The van der Waals surface area contributed by atoms with Gasteiger partial charge in [0.1, 0.15) is 5.75 Å². The normalized spacial score (nSPS) is 10.9. The molecule has 0 saturated carbocycles. The van der Waals surface area contributed by atoms with Crippen molar-refractivity contribution in [2.75, 3.05) is 0 Å². The minimum absolute atomic E-state index is 0.290. The van der Waals surface area contributed by atoms with Crippen LogP contribution in [0.2, 0.25) is 0 Å². The van der Waals surface area contributed by atoms with Crippen molar-refractivity contribution < 1.29 is 5.11 Å². The second-order valence-corrected chi connectivity index (χ2v) is 3.13. The molecule has 3 heteroatoms. The van der Waals surface area contributed by atoms with E-state index in [1.165, 1.54) is 0 Å². The van der Waals surface area contributed by atoms with E-state index in [0.29, 0.717) is 0 Å². The van der Waals surface area contributed by atoms with Gasteiger partial charge in [0.15, 0.2) is 0 Å². The van der Waals surface area contributed by atoms with Gasteiger partial charge in [-0.2, -0.15) is 5.10 Å². The van der Waals surface area contributed by atoms with Gasteiger partial charge in [-0.05, 0) is 18.6 Å². The van der Waals surface area contributed by atoms with E-state index in [9.17, 15) is 5.11 Å². The Labute approximate surface area is 76.6 Å². The molecule has 1 heterocycles. The van der Waals surface area contributed by atoms with E-state index in [2.05, 4.69) is 12.0 Å². The lowest BCUT2D eigenvalue weighted by Gasteiger charge is -1.94. The summed E-state index contributed by atoms with van der Waals surface area (Å²) in [6.45, 7) is 2.08. The second kappa shape index (κ2) is 2.76. The second-order valence-electron chi connectivity index (χ2n) is 3.13. The van der Waals surface area contributed by atoms with Crippen LogP contribution in [0, 0.1) is 0 Å². The fourth-order valence-electron chi connectivity index (χ4n) is 1.58. The van der Waals surface area contributed by atoms with Crippen molar-refractivity contribution in [3.8, 4) is 5.75 Å². The van der Waals surface area contributed by atoms with Crippen LogP contribution in [0.3, 0.4) is 0 Å². The molecule has 13 heavy (non-hydrogen) atoms. The van der Waals surface area contributed by atoms with Crippen LogP contribution in [-0.2, 0) is 13.5 Å². The highest BCUT2D eigenvalue weighted by atomic mass is 16.3. The Balaban J connectivity index is 2.80. The maximum Gasteiger partial charge on any atom is 0.117 e. The molecule has 1 aromatic carbocycles. The quantitative estimate of drug-likeness (QED) is 0.720. The van der Waals surface area contributed by atoms with Crippen molar-refractivity contribution in [3.05, 3.63) is 23.9 Å². The molecule has 0 bridgehead atoms. The van der Waals surface area contributed by atoms with Gasteiger partial charge in [0, 0.05) is 18.5 Å². The summed E-state index contributed by atoms with van der Waals surface area (Å²) in [6.07, 6.45) is 0.919. The number of fused-ring (bicyclic) bond motifs is 1. The largest absolute Gasteiger partial charge is 0.508 e. The van der Waals surface area contributed by atoms with Gasteiger partial charge in [0.05, 0.1) is 11.2 Å². The molecule has 2 aromatic rings. The number of aromatic hydroxyl groups is 1. The molecule has 0 atom stereocenters. The Morgan fingerprint density at radius 2 is 2.23 bits per heavy atom. The first-order chi connectivity index (χ1) is 6.22. The summed E-state index contributed by atoms with van der Waals surface area (Å²) in [5.74, 6) is 0.290. The van der Waals surface area contributed by atoms with E-state index in [-0.39, 0.29) is 5.75 Å². The number of aromatic nitrogens is 2. The molecule has 0 saturated heterocycles. The Kier molecular flexibility index (Phi) is 1.72. The first-order valence-electron chi connectivity index (χ1n) is 4.37. The maximum atomic E-state index is 9.30. The third-order valence-corrected chi connectivity index (χ3v) is 2.25. The molecule has 0 unspecified atom stereocenters.